The third-order valence-electron chi connectivity index (χ3n) is 1.70. The fraction of sp³-hybridized carbons (Fsp3) is 0.500. The molecule has 0 aliphatic rings. The summed E-state index contributed by atoms with van der Waals surface area (Å²) in [6.07, 6.45) is 1.75. The molecule has 0 unspecified atom stereocenters. The van der Waals surface area contributed by atoms with Crippen LogP contribution in [0.5, 0.6) is 0 Å². The molecule has 74 valence electrons. The predicted octanol–water partition coefficient (Wildman–Crippen LogP) is 1.79. The molecule has 4 nitrogen and oxygen atoms in total. The summed E-state index contributed by atoms with van der Waals surface area (Å²) in [5.41, 5.74) is 0. The van der Waals surface area contributed by atoms with E-state index in [1.165, 1.54) is 11.5 Å². The van der Waals surface area contributed by atoms with Gasteiger partial charge in [0.25, 0.3) is 0 Å². The molecule has 0 fully saturated rings. The van der Waals surface area contributed by atoms with Crippen LogP contribution in [-0.4, -0.2) is 19.6 Å². The molecular formula is C8H10N4S2. The molecule has 14 heavy (non-hydrogen) atoms. The van der Waals surface area contributed by atoms with Gasteiger partial charge in [0, 0.05) is 12.8 Å². The Bertz CT molecular complexity index is 380. The van der Waals surface area contributed by atoms with Crippen molar-refractivity contribution in [2.45, 2.75) is 26.7 Å². The second kappa shape index (κ2) is 4.10. The largest absolute Gasteiger partial charge is 0.225 e. The zero-order valence-electron chi connectivity index (χ0n) is 8.02. The van der Waals surface area contributed by atoms with E-state index in [-0.39, 0.29) is 0 Å². The van der Waals surface area contributed by atoms with Gasteiger partial charge in [0.05, 0.1) is 0 Å². The first kappa shape index (κ1) is 9.67. The first-order valence-corrected chi connectivity index (χ1v) is 5.91. The van der Waals surface area contributed by atoms with E-state index in [1.54, 1.807) is 11.3 Å². The Hall–Kier alpha value is -0.880. The van der Waals surface area contributed by atoms with Crippen LogP contribution in [0.3, 0.4) is 0 Å². The van der Waals surface area contributed by atoms with Gasteiger partial charge in [0.1, 0.15) is 20.8 Å². The molecule has 0 radical (unpaired) electrons. The monoisotopic (exact) mass is 226 g/mol. The molecule has 2 aromatic rings. The fourth-order valence-corrected chi connectivity index (χ4v) is 2.32. The first-order valence-electron chi connectivity index (χ1n) is 4.32. The van der Waals surface area contributed by atoms with Gasteiger partial charge < -0.3 is 0 Å². The van der Waals surface area contributed by atoms with Crippen LogP contribution < -0.4 is 0 Å². The van der Waals surface area contributed by atoms with E-state index in [9.17, 15) is 0 Å². The lowest BCUT2D eigenvalue weighted by Crippen LogP contribution is -1.92. The predicted molar refractivity (Wildman–Crippen MR) is 56.7 cm³/mol. The molecule has 6 heteroatoms. The van der Waals surface area contributed by atoms with E-state index in [1.807, 2.05) is 13.8 Å². The first-order chi connectivity index (χ1) is 6.74. The zero-order chi connectivity index (χ0) is 9.97. The molecule has 0 saturated heterocycles. The molecule has 0 aromatic carbocycles. The molecule has 0 aliphatic carbocycles. The summed E-state index contributed by atoms with van der Waals surface area (Å²) in [7, 11) is 0. The quantitative estimate of drug-likeness (QED) is 0.800. The summed E-state index contributed by atoms with van der Waals surface area (Å²) in [5, 5.41) is 11.1. The van der Waals surface area contributed by atoms with Crippen LogP contribution in [0.15, 0.2) is 0 Å². The van der Waals surface area contributed by atoms with E-state index < -0.39 is 0 Å². The van der Waals surface area contributed by atoms with Crippen molar-refractivity contribution in [3.8, 4) is 0 Å². The maximum atomic E-state index is 4.30. The Morgan fingerprint density at radius 3 is 2.50 bits per heavy atom. The lowest BCUT2D eigenvalue weighted by Gasteiger charge is -1.89. The van der Waals surface area contributed by atoms with Crippen LogP contribution in [0, 0.1) is 13.8 Å². The van der Waals surface area contributed by atoms with Crippen molar-refractivity contribution in [3.63, 3.8) is 0 Å². The average Bonchev–Trinajstić information content (AvgIpc) is 2.72. The van der Waals surface area contributed by atoms with Crippen LogP contribution in [0.1, 0.15) is 20.8 Å². The van der Waals surface area contributed by atoms with Crippen LogP contribution in [0.2, 0.25) is 0 Å². The molecular weight excluding hydrogens is 216 g/mol. The highest BCUT2D eigenvalue weighted by atomic mass is 32.1. The highest BCUT2D eigenvalue weighted by Crippen LogP contribution is 2.11. The molecule has 0 saturated carbocycles. The molecule has 0 aliphatic heterocycles. The summed E-state index contributed by atoms with van der Waals surface area (Å²) >= 11 is 3.09. The summed E-state index contributed by atoms with van der Waals surface area (Å²) in [4.78, 5) is 4.30. The van der Waals surface area contributed by atoms with E-state index in [4.69, 9.17) is 0 Å². The minimum Gasteiger partial charge on any atom is -0.225 e. The van der Waals surface area contributed by atoms with Gasteiger partial charge in [-0.3, -0.25) is 0 Å². The molecule has 0 bridgehead atoms. The Balaban J connectivity index is 1.94. The lowest BCUT2D eigenvalue weighted by molar-refractivity contribution is 0.853. The van der Waals surface area contributed by atoms with Gasteiger partial charge in [-0.1, -0.05) is 0 Å². The van der Waals surface area contributed by atoms with E-state index in [0.717, 1.165) is 33.7 Å². The van der Waals surface area contributed by atoms with Gasteiger partial charge >= 0.3 is 0 Å². The SMILES string of the molecule is Cc1nc(CCc2nnc(C)s2)ns1. The molecule has 2 aromatic heterocycles. The Morgan fingerprint density at radius 2 is 1.93 bits per heavy atom. The van der Waals surface area contributed by atoms with Gasteiger partial charge in [-0.2, -0.15) is 4.37 Å². The maximum Gasteiger partial charge on any atom is 0.143 e. The van der Waals surface area contributed by atoms with Gasteiger partial charge in [-0.25, -0.2) is 4.98 Å². The average molecular weight is 226 g/mol. The second-order valence-electron chi connectivity index (χ2n) is 2.94. The van der Waals surface area contributed by atoms with Crippen molar-refractivity contribution in [2.24, 2.45) is 0 Å². The Morgan fingerprint density at radius 1 is 1.07 bits per heavy atom. The van der Waals surface area contributed by atoms with Crippen LogP contribution in [0.25, 0.3) is 0 Å². The van der Waals surface area contributed by atoms with E-state index in [2.05, 4.69) is 19.6 Å². The topological polar surface area (TPSA) is 51.6 Å². The minimum atomic E-state index is 0.860. The summed E-state index contributed by atoms with van der Waals surface area (Å²) in [6.45, 7) is 3.93. The highest BCUT2D eigenvalue weighted by Gasteiger charge is 2.04. The third-order valence-corrected chi connectivity index (χ3v) is 3.26. The number of nitrogens with zero attached hydrogens (tertiary/aromatic N) is 4. The maximum absolute atomic E-state index is 4.30. The normalized spacial score (nSPS) is 10.7. The van der Waals surface area contributed by atoms with Crippen molar-refractivity contribution < 1.29 is 0 Å². The minimum absolute atomic E-state index is 0.860. The Labute approximate surface area is 90.2 Å². The molecule has 0 atom stereocenters. The van der Waals surface area contributed by atoms with Crippen LogP contribution in [0.4, 0.5) is 0 Å². The van der Waals surface area contributed by atoms with Crippen molar-refractivity contribution in [3.05, 3.63) is 20.8 Å². The number of hydrogen-bond donors (Lipinski definition) is 0. The van der Waals surface area contributed by atoms with Crippen LogP contribution >= 0.6 is 22.9 Å². The van der Waals surface area contributed by atoms with Gasteiger partial charge in [0.15, 0.2) is 0 Å². The number of rotatable bonds is 3. The second-order valence-corrected chi connectivity index (χ2v) is 5.17. The van der Waals surface area contributed by atoms with Crippen molar-refractivity contribution >= 4 is 22.9 Å². The zero-order valence-corrected chi connectivity index (χ0v) is 9.65. The fourth-order valence-electron chi connectivity index (χ4n) is 1.10. The standard InChI is InChI=1S/C8H10N4S2/c1-5-9-7(12-14-5)3-4-8-11-10-6(2)13-8/h3-4H2,1-2H3. The Kier molecular flexibility index (Phi) is 2.83. The number of aromatic nitrogens is 4. The highest BCUT2D eigenvalue weighted by molar-refractivity contribution is 7.11. The molecule has 0 amide bonds. The van der Waals surface area contributed by atoms with Gasteiger partial charge in [-0.05, 0) is 25.4 Å². The summed E-state index contributed by atoms with van der Waals surface area (Å²) in [5.74, 6) is 0.917. The molecule has 0 N–H and O–H groups in total. The van der Waals surface area contributed by atoms with Gasteiger partial charge in [-0.15, -0.1) is 21.5 Å². The van der Waals surface area contributed by atoms with Crippen molar-refractivity contribution in [1.29, 1.82) is 0 Å². The van der Waals surface area contributed by atoms with E-state index in [0.29, 0.717) is 0 Å². The molecule has 2 rings (SSSR count). The third kappa shape index (κ3) is 2.33. The van der Waals surface area contributed by atoms with E-state index >= 15 is 0 Å². The van der Waals surface area contributed by atoms with Gasteiger partial charge in [0.2, 0.25) is 0 Å². The van der Waals surface area contributed by atoms with Crippen molar-refractivity contribution in [1.82, 2.24) is 19.6 Å². The lowest BCUT2D eigenvalue weighted by atomic mass is 10.3. The number of aryl methyl sites for hydroxylation is 4. The van der Waals surface area contributed by atoms with Crippen LogP contribution in [-0.2, 0) is 12.8 Å². The molecule has 0 spiro atoms. The molecule has 2 heterocycles. The summed E-state index contributed by atoms with van der Waals surface area (Å²) in [6, 6.07) is 0. The smallest absolute Gasteiger partial charge is 0.143 e. The van der Waals surface area contributed by atoms with Crippen molar-refractivity contribution in [2.75, 3.05) is 0 Å². The summed E-state index contributed by atoms with van der Waals surface area (Å²) < 4.78 is 4.22. The number of hydrogen-bond acceptors (Lipinski definition) is 6.